The van der Waals surface area contributed by atoms with Gasteiger partial charge in [-0.05, 0) is 27.2 Å². The molecule has 1 rings (SSSR count). The van der Waals surface area contributed by atoms with Crippen LogP contribution in [-0.4, -0.2) is 32.5 Å². The summed E-state index contributed by atoms with van der Waals surface area (Å²) in [6, 6.07) is 0. The molecule has 1 aliphatic heterocycles. The normalized spacial score (nSPS) is 22.5. The predicted octanol–water partition coefficient (Wildman–Crippen LogP) is 2.46. The summed E-state index contributed by atoms with van der Waals surface area (Å²) in [5.41, 5.74) is 0.709. The minimum absolute atomic E-state index is 0.0230. The molecule has 0 saturated heterocycles. The van der Waals surface area contributed by atoms with Crippen molar-refractivity contribution in [1.29, 1.82) is 0 Å². The van der Waals surface area contributed by atoms with E-state index >= 15 is 0 Å². The number of hydrogen-bond acceptors (Lipinski definition) is 2. The number of carbonyl (C=O) groups is 1. The molecule has 4 nitrogen and oxygen atoms in total. The number of rotatable bonds is 4. The Hall–Kier alpha value is -1.23. The summed E-state index contributed by atoms with van der Waals surface area (Å²) in [5.74, 6) is 0.0376. The van der Waals surface area contributed by atoms with Gasteiger partial charge in [-0.1, -0.05) is 19.1 Å². The Balaban J connectivity index is 2.91. The lowest BCUT2D eigenvalue weighted by atomic mass is 10.0. The summed E-state index contributed by atoms with van der Waals surface area (Å²) >= 11 is 0. The molecule has 0 N–H and O–H groups in total. The van der Waals surface area contributed by atoms with Crippen molar-refractivity contribution in [2.24, 2.45) is 10.3 Å². The van der Waals surface area contributed by atoms with Gasteiger partial charge in [0.2, 0.25) is 5.91 Å². The fourth-order valence-electron chi connectivity index (χ4n) is 1.61. The van der Waals surface area contributed by atoms with E-state index in [0.717, 1.165) is 0 Å². The summed E-state index contributed by atoms with van der Waals surface area (Å²) in [7, 11) is -1.31. The molecule has 19 heavy (non-hydrogen) atoms. The molecule has 1 aliphatic rings. The maximum absolute atomic E-state index is 12.1. The first-order chi connectivity index (χ1) is 8.77. The number of allylic oxidation sites excluding steroid dienone is 2. The fraction of sp³-hybridized carbons (Fsp3) is 0.571. The topological polar surface area (TPSA) is 49.7 Å². The first-order valence-corrected chi connectivity index (χ1v) is 7.46. The van der Waals surface area contributed by atoms with E-state index in [-0.39, 0.29) is 11.8 Å². The van der Waals surface area contributed by atoms with Gasteiger partial charge in [-0.3, -0.25) is 4.79 Å². The number of nitrogens with zero attached hydrogens (tertiary/aromatic N) is 2. The van der Waals surface area contributed by atoms with Crippen LogP contribution >= 0.6 is 0 Å². The molecule has 1 heterocycles. The average Bonchev–Trinajstić information content (AvgIpc) is 2.32. The maximum Gasteiger partial charge on any atom is 0.230 e. The van der Waals surface area contributed by atoms with E-state index in [1.807, 2.05) is 33.8 Å². The highest BCUT2D eigenvalue weighted by Gasteiger charge is 2.26. The van der Waals surface area contributed by atoms with Crippen molar-refractivity contribution in [2.75, 3.05) is 6.54 Å². The van der Waals surface area contributed by atoms with Crippen LogP contribution in [0.25, 0.3) is 0 Å². The zero-order valence-electron chi connectivity index (χ0n) is 12.0. The van der Waals surface area contributed by atoms with Crippen LogP contribution in [0.1, 0.15) is 34.1 Å². The molecule has 106 valence electrons. The summed E-state index contributed by atoms with van der Waals surface area (Å²) in [5, 5.41) is 0. The molecule has 0 saturated carbocycles. The van der Waals surface area contributed by atoms with E-state index in [9.17, 15) is 9.00 Å². The monoisotopic (exact) mass is 282 g/mol. The Labute approximate surface area is 117 Å². The van der Waals surface area contributed by atoms with Gasteiger partial charge < -0.3 is 4.90 Å². The SMILES string of the molecule is C=CCN1C(=O)C(C)CC=C1C=NS(=O)C(C)(C)C. The van der Waals surface area contributed by atoms with E-state index in [1.54, 1.807) is 11.0 Å². The van der Waals surface area contributed by atoms with Gasteiger partial charge in [0.25, 0.3) is 0 Å². The van der Waals surface area contributed by atoms with Gasteiger partial charge in [0, 0.05) is 12.5 Å². The third kappa shape index (κ3) is 4.13. The Morgan fingerprint density at radius 2 is 2.21 bits per heavy atom. The Morgan fingerprint density at radius 1 is 1.58 bits per heavy atom. The van der Waals surface area contributed by atoms with Crippen molar-refractivity contribution in [3.63, 3.8) is 0 Å². The summed E-state index contributed by atoms with van der Waals surface area (Å²) < 4.78 is 15.5. The molecule has 0 aromatic heterocycles. The summed E-state index contributed by atoms with van der Waals surface area (Å²) in [6.07, 6.45) is 5.86. The van der Waals surface area contributed by atoms with Crippen LogP contribution in [0, 0.1) is 5.92 Å². The second-order valence-electron chi connectivity index (χ2n) is 5.60. The van der Waals surface area contributed by atoms with Crippen LogP contribution < -0.4 is 0 Å². The molecule has 0 aromatic rings. The molecule has 0 fully saturated rings. The van der Waals surface area contributed by atoms with Crippen molar-refractivity contribution in [2.45, 2.75) is 38.9 Å². The van der Waals surface area contributed by atoms with Crippen LogP contribution in [0.15, 0.2) is 28.8 Å². The van der Waals surface area contributed by atoms with Gasteiger partial charge in [0.1, 0.15) is 11.0 Å². The van der Waals surface area contributed by atoms with Crippen molar-refractivity contribution in [3.8, 4) is 0 Å². The maximum atomic E-state index is 12.1. The third-order valence-electron chi connectivity index (χ3n) is 2.80. The van der Waals surface area contributed by atoms with Gasteiger partial charge in [-0.15, -0.1) is 6.58 Å². The van der Waals surface area contributed by atoms with Crippen LogP contribution in [0.4, 0.5) is 0 Å². The lowest BCUT2D eigenvalue weighted by Gasteiger charge is -2.29. The van der Waals surface area contributed by atoms with Crippen LogP contribution in [0.5, 0.6) is 0 Å². The molecule has 0 aliphatic carbocycles. The van der Waals surface area contributed by atoms with Crippen LogP contribution in [-0.2, 0) is 15.8 Å². The van der Waals surface area contributed by atoms with Crippen LogP contribution in [0.2, 0.25) is 0 Å². The molecule has 0 aromatic carbocycles. The molecule has 5 heteroatoms. The molecule has 0 bridgehead atoms. The Kier molecular flexibility index (Phi) is 5.23. The second kappa shape index (κ2) is 6.28. The lowest BCUT2D eigenvalue weighted by Crippen LogP contribution is -2.38. The summed E-state index contributed by atoms with van der Waals surface area (Å²) in [4.78, 5) is 13.7. The number of carbonyl (C=O) groups excluding carboxylic acids is 1. The minimum atomic E-state index is -1.31. The van der Waals surface area contributed by atoms with Gasteiger partial charge in [0.05, 0.1) is 16.7 Å². The highest BCUT2D eigenvalue weighted by Crippen LogP contribution is 2.20. The molecule has 0 radical (unpaired) electrons. The smallest absolute Gasteiger partial charge is 0.230 e. The van der Waals surface area contributed by atoms with E-state index in [4.69, 9.17) is 0 Å². The molecule has 2 atom stereocenters. The molecule has 1 amide bonds. The van der Waals surface area contributed by atoms with E-state index in [1.165, 1.54) is 6.21 Å². The lowest BCUT2D eigenvalue weighted by molar-refractivity contribution is -0.132. The van der Waals surface area contributed by atoms with Gasteiger partial charge in [0.15, 0.2) is 0 Å². The van der Waals surface area contributed by atoms with Gasteiger partial charge in [-0.25, -0.2) is 4.21 Å². The van der Waals surface area contributed by atoms with Crippen molar-refractivity contribution >= 4 is 23.1 Å². The first-order valence-electron chi connectivity index (χ1n) is 6.36. The highest BCUT2D eigenvalue weighted by atomic mass is 32.2. The third-order valence-corrected chi connectivity index (χ3v) is 4.14. The average molecular weight is 282 g/mol. The molecule has 2 unspecified atom stereocenters. The number of hydrogen-bond donors (Lipinski definition) is 0. The fourth-order valence-corrected chi connectivity index (χ4v) is 2.13. The number of amides is 1. The van der Waals surface area contributed by atoms with E-state index < -0.39 is 15.7 Å². The molecular weight excluding hydrogens is 260 g/mol. The van der Waals surface area contributed by atoms with Crippen LogP contribution in [0.3, 0.4) is 0 Å². The quantitative estimate of drug-likeness (QED) is 0.587. The van der Waals surface area contributed by atoms with Crippen molar-refractivity contribution in [1.82, 2.24) is 4.90 Å². The predicted molar refractivity (Wildman–Crippen MR) is 80.2 cm³/mol. The molecule has 0 spiro atoms. The van der Waals surface area contributed by atoms with E-state index in [0.29, 0.717) is 18.7 Å². The largest absolute Gasteiger partial charge is 0.307 e. The zero-order chi connectivity index (χ0) is 14.6. The molecular formula is C14H22N2O2S. The van der Waals surface area contributed by atoms with Gasteiger partial charge >= 0.3 is 0 Å². The van der Waals surface area contributed by atoms with Crippen molar-refractivity contribution < 1.29 is 9.00 Å². The van der Waals surface area contributed by atoms with E-state index in [2.05, 4.69) is 11.0 Å². The Bertz CT molecular complexity index is 447. The Morgan fingerprint density at radius 3 is 2.74 bits per heavy atom. The second-order valence-corrected chi connectivity index (χ2v) is 7.53. The minimum Gasteiger partial charge on any atom is -0.307 e. The highest BCUT2D eigenvalue weighted by molar-refractivity contribution is 7.85. The van der Waals surface area contributed by atoms with Crippen molar-refractivity contribution in [3.05, 3.63) is 24.4 Å². The summed E-state index contributed by atoms with van der Waals surface area (Å²) in [6.45, 7) is 11.6. The first kappa shape index (κ1) is 15.8. The standard InChI is InChI=1S/C14H22N2O2S/c1-6-9-16-12(8-7-11(2)13(16)17)10-15-19(18)14(3,4)5/h6,8,10-11H,1,7,9H2,2-5H3. The zero-order valence-corrected chi connectivity index (χ0v) is 12.9. The van der Waals surface area contributed by atoms with Gasteiger partial charge in [-0.2, -0.15) is 4.40 Å².